The van der Waals surface area contributed by atoms with Crippen LogP contribution in [0.2, 0.25) is 0 Å². The van der Waals surface area contributed by atoms with E-state index in [-0.39, 0.29) is 18.4 Å². The first-order chi connectivity index (χ1) is 12.7. The van der Waals surface area contributed by atoms with Gasteiger partial charge in [0.15, 0.2) is 0 Å². The van der Waals surface area contributed by atoms with Crippen LogP contribution < -0.4 is 10.6 Å². The number of rotatable bonds is 4. The van der Waals surface area contributed by atoms with Gasteiger partial charge >= 0.3 is 0 Å². The van der Waals surface area contributed by atoms with Gasteiger partial charge in [0.1, 0.15) is 11.0 Å². The first-order valence-electron chi connectivity index (χ1n) is 7.93. The van der Waals surface area contributed by atoms with Crippen molar-refractivity contribution >= 4 is 39.4 Å². The first-order valence-corrected chi connectivity index (χ1v) is 7.93. The molecule has 0 radical (unpaired) electrons. The summed E-state index contributed by atoms with van der Waals surface area (Å²) in [7, 11) is 0. The topological polar surface area (TPSA) is 113 Å². The van der Waals surface area contributed by atoms with Gasteiger partial charge in [-0.1, -0.05) is 18.2 Å². The summed E-state index contributed by atoms with van der Waals surface area (Å²) in [6, 6.07) is 14.2. The van der Waals surface area contributed by atoms with Crippen molar-refractivity contribution in [1.82, 2.24) is 25.7 Å². The number of hydrogen-bond donors (Lipinski definition) is 3. The van der Waals surface area contributed by atoms with E-state index in [0.717, 1.165) is 5.39 Å². The maximum atomic E-state index is 12.2. The number of benzene rings is 2. The number of carbonyl (C=O) groups is 2. The lowest BCUT2D eigenvalue weighted by Crippen LogP contribution is -2.32. The van der Waals surface area contributed by atoms with E-state index in [1.54, 1.807) is 30.5 Å². The van der Waals surface area contributed by atoms with E-state index < -0.39 is 0 Å². The average Bonchev–Trinajstić information content (AvgIpc) is 3.14. The van der Waals surface area contributed by atoms with Crippen LogP contribution in [0.25, 0.3) is 21.9 Å². The standard InChI is InChI=1S/C18H14N6O2/c25-16(21-14-5-1-3-11-4-2-8-19-17(11)14)10-20-18(26)12-6-7-13-15(9-12)23-24-22-13/h1-9H,10H2,(H,20,26)(H,21,25)(H,22,23,24). The number of amides is 2. The van der Waals surface area contributed by atoms with Crippen molar-refractivity contribution in [2.24, 2.45) is 0 Å². The Hall–Kier alpha value is -3.81. The molecule has 4 aromatic rings. The Bertz CT molecular complexity index is 1120. The fourth-order valence-electron chi connectivity index (χ4n) is 2.64. The molecule has 2 amide bonds. The number of aromatic nitrogens is 4. The number of pyridine rings is 1. The number of aromatic amines is 1. The molecule has 2 heterocycles. The number of nitrogens with one attached hydrogen (secondary N) is 3. The van der Waals surface area contributed by atoms with Gasteiger partial charge < -0.3 is 10.6 Å². The van der Waals surface area contributed by atoms with Gasteiger partial charge in [-0.05, 0) is 30.3 Å². The van der Waals surface area contributed by atoms with Gasteiger partial charge in [-0.15, -0.1) is 0 Å². The summed E-state index contributed by atoms with van der Waals surface area (Å²) in [6.45, 7) is -0.154. The number of carbonyl (C=O) groups excluding carboxylic acids is 2. The predicted molar refractivity (Wildman–Crippen MR) is 96.6 cm³/mol. The summed E-state index contributed by atoms with van der Waals surface area (Å²) in [5.41, 5.74) is 2.97. The van der Waals surface area contributed by atoms with Gasteiger partial charge in [0.05, 0.1) is 17.7 Å². The van der Waals surface area contributed by atoms with Crippen molar-refractivity contribution < 1.29 is 9.59 Å². The average molecular weight is 346 g/mol. The summed E-state index contributed by atoms with van der Waals surface area (Å²) < 4.78 is 0. The highest BCUT2D eigenvalue weighted by Gasteiger charge is 2.11. The minimum Gasteiger partial charge on any atom is -0.343 e. The van der Waals surface area contributed by atoms with Crippen LogP contribution in [0.3, 0.4) is 0 Å². The maximum absolute atomic E-state index is 12.2. The maximum Gasteiger partial charge on any atom is 0.251 e. The van der Waals surface area contributed by atoms with Crippen LogP contribution in [0.4, 0.5) is 5.69 Å². The van der Waals surface area contributed by atoms with Crippen molar-refractivity contribution in [3.63, 3.8) is 0 Å². The van der Waals surface area contributed by atoms with E-state index in [0.29, 0.717) is 27.8 Å². The van der Waals surface area contributed by atoms with Crippen LogP contribution in [0.5, 0.6) is 0 Å². The number of H-pyrrole nitrogens is 1. The quantitative estimate of drug-likeness (QED) is 0.522. The van der Waals surface area contributed by atoms with Crippen LogP contribution in [0.15, 0.2) is 54.7 Å². The molecule has 4 rings (SSSR count). The summed E-state index contributed by atoms with van der Waals surface area (Å²) >= 11 is 0. The fraction of sp³-hybridized carbons (Fsp3) is 0.0556. The van der Waals surface area contributed by atoms with Crippen LogP contribution in [0.1, 0.15) is 10.4 Å². The molecule has 0 atom stereocenters. The summed E-state index contributed by atoms with van der Waals surface area (Å²) in [6.07, 6.45) is 1.67. The van der Waals surface area contributed by atoms with Crippen LogP contribution in [0, 0.1) is 0 Å². The number of nitrogens with zero attached hydrogens (tertiary/aromatic N) is 3. The third-order valence-electron chi connectivity index (χ3n) is 3.89. The lowest BCUT2D eigenvalue weighted by atomic mass is 10.2. The second-order valence-corrected chi connectivity index (χ2v) is 5.64. The van der Waals surface area contributed by atoms with E-state index in [2.05, 4.69) is 31.0 Å². The van der Waals surface area contributed by atoms with Gasteiger partial charge in [0.25, 0.3) is 5.91 Å². The SMILES string of the molecule is O=C(CNC(=O)c1ccc2n[nH]nc2c1)Nc1cccc2cccnc12. The van der Waals surface area contributed by atoms with Crippen molar-refractivity contribution in [1.29, 1.82) is 0 Å². The fourth-order valence-corrected chi connectivity index (χ4v) is 2.64. The van der Waals surface area contributed by atoms with Gasteiger partial charge in [0, 0.05) is 17.1 Å². The Morgan fingerprint density at radius 3 is 2.77 bits per heavy atom. The summed E-state index contributed by atoms with van der Waals surface area (Å²) in [5.74, 6) is -0.694. The lowest BCUT2D eigenvalue weighted by Gasteiger charge is -2.09. The Morgan fingerprint density at radius 2 is 1.85 bits per heavy atom. The number of hydrogen-bond acceptors (Lipinski definition) is 5. The van der Waals surface area contributed by atoms with Crippen LogP contribution in [-0.2, 0) is 4.79 Å². The smallest absolute Gasteiger partial charge is 0.251 e. The van der Waals surface area contributed by atoms with E-state index in [9.17, 15) is 9.59 Å². The van der Waals surface area contributed by atoms with Crippen LogP contribution >= 0.6 is 0 Å². The Balaban J connectivity index is 1.42. The molecule has 2 aromatic carbocycles. The molecule has 0 aliphatic carbocycles. The molecule has 0 saturated heterocycles. The molecule has 8 nitrogen and oxygen atoms in total. The molecule has 0 unspecified atom stereocenters. The van der Waals surface area contributed by atoms with Crippen LogP contribution in [-0.4, -0.2) is 38.8 Å². The second-order valence-electron chi connectivity index (χ2n) is 5.64. The highest BCUT2D eigenvalue weighted by molar-refractivity contribution is 6.03. The zero-order chi connectivity index (χ0) is 17.9. The second kappa shape index (κ2) is 6.60. The van der Waals surface area contributed by atoms with Gasteiger partial charge in [-0.2, -0.15) is 15.4 Å². The van der Waals surface area contributed by atoms with Crippen molar-refractivity contribution in [3.8, 4) is 0 Å². The number of para-hydroxylation sites is 1. The monoisotopic (exact) mass is 346 g/mol. The highest BCUT2D eigenvalue weighted by atomic mass is 16.2. The summed E-state index contributed by atoms with van der Waals surface area (Å²) in [5, 5.41) is 16.7. The predicted octanol–water partition coefficient (Wildman–Crippen LogP) is 1.87. The zero-order valence-electron chi connectivity index (χ0n) is 13.6. The minimum atomic E-state index is -0.360. The number of anilines is 1. The molecule has 26 heavy (non-hydrogen) atoms. The first kappa shape index (κ1) is 15.7. The molecule has 0 aliphatic heterocycles. The Morgan fingerprint density at radius 1 is 1.00 bits per heavy atom. The Kier molecular flexibility index (Phi) is 3.98. The normalized spacial score (nSPS) is 10.8. The lowest BCUT2D eigenvalue weighted by molar-refractivity contribution is -0.115. The molecule has 2 aromatic heterocycles. The van der Waals surface area contributed by atoms with E-state index in [4.69, 9.17) is 0 Å². The molecule has 0 fully saturated rings. The van der Waals surface area contributed by atoms with Crippen molar-refractivity contribution in [2.75, 3.05) is 11.9 Å². The minimum absolute atomic E-state index is 0.154. The molecule has 128 valence electrons. The van der Waals surface area contributed by atoms with E-state index in [1.165, 1.54) is 0 Å². The molecule has 0 bridgehead atoms. The zero-order valence-corrected chi connectivity index (χ0v) is 13.6. The highest BCUT2D eigenvalue weighted by Crippen LogP contribution is 2.20. The van der Waals surface area contributed by atoms with E-state index in [1.807, 2.05) is 24.3 Å². The van der Waals surface area contributed by atoms with Crippen molar-refractivity contribution in [2.45, 2.75) is 0 Å². The molecule has 0 saturated carbocycles. The van der Waals surface area contributed by atoms with Gasteiger partial charge in [-0.3, -0.25) is 14.6 Å². The molecule has 0 spiro atoms. The van der Waals surface area contributed by atoms with E-state index >= 15 is 0 Å². The molecular formula is C18H14N6O2. The van der Waals surface area contributed by atoms with Gasteiger partial charge in [-0.25, -0.2) is 0 Å². The third-order valence-corrected chi connectivity index (χ3v) is 3.89. The molecule has 0 aliphatic rings. The molecular weight excluding hydrogens is 332 g/mol. The summed E-state index contributed by atoms with van der Waals surface area (Å²) in [4.78, 5) is 28.7. The molecule has 8 heteroatoms. The largest absolute Gasteiger partial charge is 0.343 e. The number of fused-ring (bicyclic) bond motifs is 2. The third kappa shape index (κ3) is 3.07. The Labute approximate surface area is 147 Å². The molecule has 3 N–H and O–H groups in total. The van der Waals surface area contributed by atoms with Crippen molar-refractivity contribution in [3.05, 3.63) is 60.3 Å². The van der Waals surface area contributed by atoms with Gasteiger partial charge in [0.2, 0.25) is 5.91 Å².